The molecule has 1 N–H and O–H groups in total. The van der Waals surface area contributed by atoms with Crippen LogP contribution in [0.1, 0.15) is 47.5 Å². The minimum Gasteiger partial charge on any atom is -0.467 e. The second kappa shape index (κ2) is 5.39. The Balaban J connectivity index is 2.83. The van der Waals surface area contributed by atoms with Crippen molar-refractivity contribution in [1.82, 2.24) is 5.32 Å². The van der Waals surface area contributed by atoms with Gasteiger partial charge in [-0.25, -0.2) is 9.59 Å². The molecule has 0 aromatic carbocycles. The Morgan fingerprint density at radius 2 is 1.89 bits per heavy atom. The first-order valence-corrected chi connectivity index (χ1v) is 6.72. The molecule has 5 heteroatoms. The van der Waals surface area contributed by atoms with E-state index in [4.69, 9.17) is 9.47 Å². The van der Waals surface area contributed by atoms with Crippen LogP contribution in [0.5, 0.6) is 0 Å². The number of ether oxygens (including phenoxy) is 2. The van der Waals surface area contributed by atoms with Gasteiger partial charge in [-0.05, 0) is 45.4 Å². The lowest BCUT2D eigenvalue weighted by Crippen LogP contribution is -2.67. The van der Waals surface area contributed by atoms with E-state index in [1.165, 1.54) is 7.11 Å². The van der Waals surface area contributed by atoms with Gasteiger partial charge >= 0.3 is 12.1 Å². The highest BCUT2D eigenvalue weighted by atomic mass is 16.6. The molecule has 0 unspecified atom stereocenters. The van der Waals surface area contributed by atoms with Crippen molar-refractivity contribution in [3.63, 3.8) is 0 Å². The number of hydrogen-bond donors (Lipinski definition) is 1. The maximum absolute atomic E-state index is 12.0. The number of carbonyl (C=O) groups excluding carboxylic acids is 2. The Morgan fingerprint density at radius 3 is 2.21 bits per heavy atom. The van der Waals surface area contributed by atoms with Gasteiger partial charge in [0.05, 0.1) is 7.11 Å². The van der Waals surface area contributed by atoms with Crippen molar-refractivity contribution in [3.05, 3.63) is 0 Å². The Bertz CT molecular complexity index is 359. The number of rotatable bonds is 3. The second-order valence-electron chi connectivity index (χ2n) is 6.48. The molecule has 1 saturated carbocycles. The monoisotopic (exact) mass is 271 g/mol. The molecule has 0 radical (unpaired) electrons. The third-order valence-electron chi connectivity index (χ3n) is 3.56. The van der Waals surface area contributed by atoms with Crippen LogP contribution in [0.4, 0.5) is 4.79 Å². The number of nitrogens with one attached hydrogen (secondary N) is 1. The summed E-state index contributed by atoms with van der Waals surface area (Å²) in [5, 5.41) is 2.73. The van der Waals surface area contributed by atoms with E-state index in [9.17, 15) is 9.59 Å². The largest absolute Gasteiger partial charge is 0.467 e. The summed E-state index contributed by atoms with van der Waals surface area (Å²) in [6.45, 7) is 9.45. The van der Waals surface area contributed by atoms with Gasteiger partial charge in [0.25, 0.3) is 0 Å². The molecule has 1 rings (SSSR count). The van der Waals surface area contributed by atoms with E-state index >= 15 is 0 Å². The van der Waals surface area contributed by atoms with Crippen molar-refractivity contribution in [2.24, 2.45) is 11.8 Å². The molecule has 110 valence electrons. The van der Waals surface area contributed by atoms with Crippen LogP contribution < -0.4 is 5.32 Å². The Morgan fingerprint density at radius 1 is 1.32 bits per heavy atom. The van der Waals surface area contributed by atoms with Gasteiger partial charge in [-0.15, -0.1) is 0 Å². The van der Waals surface area contributed by atoms with Crippen molar-refractivity contribution >= 4 is 12.1 Å². The third kappa shape index (κ3) is 3.39. The molecule has 1 aliphatic carbocycles. The molecule has 2 atom stereocenters. The van der Waals surface area contributed by atoms with Crippen LogP contribution in [0.15, 0.2) is 0 Å². The first-order valence-electron chi connectivity index (χ1n) is 6.72. The molecule has 0 saturated heterocycles. The lowest BCUT2D eigenvalue weighted by molar-refractivity contribution is -0.158. The zero-order valence-electron chi connectivity index (χ0n) is 12.7. The molecule has 1 amide bonds. The van der Waals surface area contributed by atoms with Gasteiger partial charge in [0.2, 0.25) is 0 Å². The number of amides is 1. The van der Waals surface area contributed by atoms with Crippen LogP contribution >= 0.6 is 0 Å². The predicted octanol–water partition coefficient (Wildman–Crippen LogP) is 2.49. The molecule has 0 aromatic heterocycles. The Kier molecular flexibility index (Phi) is 4.48. The summed E-state index contributed by atoms with van der Waals surface area (Å²) in [4.78, 5) is 24.0. The lowest BCUT2D eigenvalue weighted by atomic mass is 9.62. The molecule has 0 spiro atoms. The fraction of sp³-hybridized carbons (Fsp3) is 0.857. The third-order valence-corrected chi connectivity index (χ3v) is 3.56. The van der Waals surface area contributed by atoms with E-state index in [1.807, 2.05) is 13.8 Å². The summed E-state index contributed by atoms with van der Waals surface area (Å²) in [6.07, 6.45) is 0.938. The summed E-state index contributed by atoms with van der Waals surface area (Å²) >= 11 is 0. The molecule has 1 aliphatic rings. The molecule has 0 aromatic rings. The number of alkyl carbamates (subject to hydrolysis) is 1. The molecule has 0 heterocycles. The van der Waals surface area contributed by atoms with Gasteiger partial charge in [0.15, 0.2) is 0 Å². The minimum atomic E-state index is -0.925. The SMILES string of the molecule is COC(=O)[C@@]1(NC(=O)OC(C)(C)C)CC[C@H]1C(C)C. The Labute approximate surface area is 115 Å². The molecule has 1 fully saturated rings. The smallest absolute Gasteiger partial charge is 0.408 e. The van der Waals surface area contributed by atoms with Gasteiger partial charge in [-0.1, -0.05) is 13.8 Å². The van der Waals surface area contributed by atoms with Gasteiger partial charge < -0.3 is 14.8 Å². The number of esters is 1. The molecular weight excluding hydrogens is 246 g/mol. The van der Waals surface area contributed by atoms with Crippen LogP contribution in [0.2, 0.25) is 0 Å². The van der Waals surface area contributed by atoms with Crippen LogP contribution in [0, 0.1) is 11.8 Å². The topological polar surface area (TPSA) is 64.6 Å². The predicted molar refractivity (Wildman–Crippen MR) is 71.7 cm³/mol. The highest BCUT2D eigenvalue weighted by Crippen LogP contribution is 2.44. The number of methoxy groups -OCH3 is 1. The maximum Gasteiger partial charge on any atom is 0.408 e. The number of carbonyl (C=O) groups is 2. The fourth-order valence-corrected chi connectivity index (χ4v) is 2.63. The van der Waals surface area contributed by atoms with Gasteiger partial charge in [0, 0.05) is 0 Å². The van der Waals surface area contributed by atoms with Crippen molar-refractivity contribution in [1.29, 1.82) is 0 Å². The van der Waals surface area contributed by atoms with Crippen LogP contribution in [0.3, 0.4) is 0 Å². The highest BCUT2D eigenvalue weighted by molar-refractivity contribution is 5.87. The first kappa shape index (κ1) is 15.8. The molecule has 0 bridgehead atoms. The van der Waals surface area contributed by atoms with Crippen molar-refractivity contribution in [3.8, 4) is 0 Å². The molecular formula is C14H25NO4. The summed E-state index contributed by atoms with van der Waals surface area (Å²) in [7, 11) is 1.34. The van der Waals surface area contributed by atoms with Gasteiger partial charge in [-0.2, -0.15) is 0 Å². The summed E-state index contributed by atoms with van der Waals surface area (Å²) in [5.41, 5.74) is -1.51. The zero-order chi connectivity index (χ0) is 14.8. The summed E-state index contributed by atoms with van der Waals surface area (Å²) in [5.74, 6) is -0.00133. The second-order valence-corrected chi connectivity index (χ2v) is 6.48. The van der Waals surface area contributed by atoms with E-state index in [0.29, 0.717) is 12.3 Å². The van der Waals surface area contributed by atoms with Crippen LogP contribution in [-0.4, -0.2) is 30.3 Å². The van der Waals surface area contributed by atoms with E-state index in [1.54, 1.807) is 20.8 Å². The average Bonchev–Trinajstić information content (AvgIpc) is 2.19. The highest BCUT2D eigenvalue weighted by Gasteiger charge is 2.56. The molecule has 0 aliphatic heterocycles. The van der Waals surface area contributed by atoms with Gasteiger partial charge in [-0.3, -0.25) is 0 Å². The van der Waals surface area contributed by atoms with E-state index in [2.05, 4.69) is 5.32 Å². The van der Waals surface area contributed by atoms with E-state index in [-0.39, 0.29) is 11.9 Å². The standard InChI is InChI=1S/C14H25NO4/c1-9(2)10-7-8-14(10,11(16)18-6)15-12(17)19-13(3,4)5/h9-10H,7-8H2,1-6H3,(H,15,17)/t10-,14+/m0/s1. The summed E-state index contributed by atoms with van der Waals surface area (Å²) < 4.78 is 10.1. The zero-order valence-corrected chi connectivity index (χ0v) is 12.7. The Hall–Kier alpha value is -1.26. The number of hydrogen-bond acceptors (Lipinski definition) is 4. The van der Waals surface area contributed by atoms with Crippen LogP contribution in [0.25, 0.3) is 0 Å². The van der Waals surface area contributed by atoms with Gasteiger partial charge in [0.1, 0.15) is 11.1 Å². The van der Waals surface area contributed by atoms with Crippen LogP contribution in [-0.2, 0) is 14.3 Å². The molecule has 19 heavy (non-hydrogen) atoms. The van der Waals surface area contributed by atoms with E-state index in [0.717, 1.165) is 6.42 Å². The van der Waals surface area contributed by atoms with Crippen molar-refractivity contribution in [2.75, 3.05) is 7.11 Å². The maximum atomic E-state index is 12.0. The normalized spacial score (nSPS) is 26.6. The lowest BCUT2D eigenvalue weighted by Gasteiger charge is -2.49. The first-order chi connectivity index (χ1) is 8.62. The van der Waals surface area contributed by atoms with E-state index < -0.39 is 17.2 Å². The summed E-state index contributed by atoms with van der Waals surface area (Å²) in [6, 6.07) is 0. The average molecular weight is 271 g/mol. The minimum absolute atomic E-state index is 0.0902. The fourth-order valence-electron chi connectivity index (χ4n) is 2.63. The molecule has 5 nitrogen and oxygen atoms in total. The van der Waals surface area contributed by atoms with Crippen molar-refractivity contribution in [2.45, 2.75) is 58.6 Å². The van der Waals surface area contributed by atoms with Crippen molar-refractivity contribution < 1.29 is 19.1 Å². The quantitative estimate of drug-likeness (QED) is 0.801.